The van der Waals surface area contributed by atoms with E-state index in [4.69, 9.17) is 0 Å². The van der Waals surface area contributed by atoms with Crippen molar-refractivity contribution in [2.24, 2.45) is 5.92 Å². The Morgan fingerprint density at radius 3 is 3.00 bits per heavy atom. The summed E-state index contributed by atoms with van der Waals surface area (Å²) in [5.74, 6) is 0.0624. The molecule has 2 rings (SSSR count). The molecule has 2 N–H and O–H groups in total. The van der Waals surface area contributed by atoms with Gasteiger partial charge in [-0.25, -0.2) is 4.39 Å². The van der Waals surface area contributed by atoms with Gasteiger partial charge >= 0.3 is 0 Å². The van der Waals surface area contributed by atoms with Crippen molar-refractivity contribution in [3.8, 4) is 0 Å². The molecule has 1 aliphatic heterocycles. The lowest BCUT2D eigenvalue weighted by Crippen LogP contribution is -2.13. The van der Waals surface area contributed by atoms with Crippen molar-refractivity contribution in [1.29, 1.82) is 0 Å². The number of nitro groups is 1. The molecular formula is C12H16FN3O2. The lowest BCUT2D eigenvalue weighted by atomic mass is 10.1. The fourth-order valence-corrected chi connectivity index (χ4v) is 2.13. The zero-order valence-corrected chi connectivity index (χ0v) is 9.99. The number of halogens is 1. The zero-order chi connectivity index (χ0) is 13.0. The van der Waals surface area contributed by atoms with Gasteiger partial charge in [0, 0.05) is 12.6 Å². The maximum absolute atomic E-state index is 13.5. The van der Waals surface area contributed by atoms with Crippen molar-refractivity contribution in [3.63, 3.8) is 0 Å². The molecule has 1 saturated heterocycles. The zero-order valence-electron chi connectivity index (χ0n) is 9.99. The van der Waals surface area contributed by atoms with Gasteiger partial charge in [-0.3, -0.25) is 10.1 Å². The van der Waals surface area contributed by atoms with E-state index in [0.29, 0.717) is 18.2 Å². The lowest BCUT2D eigenvalue weighted by molar-refractivity contribution is -0.385. The van der Waals surface area contributed by atoms with Crippen LogP contribution in [-0.2, 0) is 0 Å². The van der Waals surface area contributed by atoms with Crippen LogP contribution in [0.4, 0.5) is 15.8 Å². The molecule has 0 aromatic heterocycles. The minimum Gasteiger partial charge on any atom is -0.383 e. The predicted molar refractivity (Wildman–Crippen MR) is 67.1 cm³/mol. The van der Waals surface area contributed by atoms with Gasteiger partial charge in [0.25, 0.3) is 5.69 Å². The van der Waals surface area contributed by atoms with Gasteiger partial charge in [-0.1, -0.05) is 0 Å². The van der Waals surface area contributed by atoms with Crippen LogP contribution in [-0.4, -0.2) is 24.6 Å². The van der Waals surface area contributed by atoms with Crippen LogP contribution in [0.15, 0.2) is 18.2 Å². The Labute approximate surface area is 105 Å². The topological polar surface area (TPSA) is 67.2 Å². The van der Waals surface area contributed by atoms with E-state index in [1.165, 1.54) is 12.1 Å². The van der Waals surface area contributed by atoms with Crippen LogP contribution in [0.3, 0.4) is 0 Å². The van der Waals surface area contributed by atoms with Crippen LogP contribution in [0.1, 0.15) is 12.8 Å². The first kappa shape index (κ1) is 12.8. The van der Waals surface area contributed by atoms with E-state index in [0.717, 1.165) is 32.0 Å². The first-order chi connectivity index (χ1) is 8.66. The lowest BCUT2D eigenvalue weighted by Gasteiger charge is -2.10. The van der Waals surface area contributed by atoms with Crippen LogP contribution in [0, 0.1) is 21.8 Å². The Bertz CT molecular complexity index is 433. The summed E-state index contributed by atoms with van der Waals surface area (Å²) in [5, 5.41) is 16.7. The van der Waals surface area contributed by atoms with Crippen LogP contribution in [0.2, 0.25) is 0 Å². The van der Waals surface area contributed by atoms with E-state index in [9.17, 15) is 14.5 Å². The first-order valence-corrected chi connectivity index (χ1v) is 6.05. The number of anilines is 1. The summed E-state index contributed by atoms with van der Waals surface area (Å²) >= 11 is 0. The number of hydrogen-bond donors (Lipinski definition) is 2. The van der Waals surface area contributed by atoms with Crippen LogP contribution >= 0.6 is 0 Å². The third-order valence-electron chi connectivity index (χ3n) is 3.19. The number of rotatable bonds is 5. The number of nitrogens with zero attached hydrogens (tertiary/aromatic N) is 1. The molecule has 1 aliphatic rings. The van der Waals surface area contributed by atoms with Crippen molar-refractivity contribution < 1.29 is 9.31 Å². The molecule has 0 aliphatic carbocycles. The second-order valence-electron chi connectivity index (χ2n) is 4.50. The fraction of sp³-hybridized carbons (Fsp3) is 0.500. The number of non-ortho nitro benzene ring substituents is 1. The quantitative estimate of drug-likeness (QED) is 0.623. The molecule has 0 bridgehead atoms. The second kappa shape index (κ2) is 5.77. The molecule has 1 heterocycles. The van der Waals surface area contributed by atoms with E-state index in [1.807, 2.05) is 0 Å². The third kappa shape index (κ3) is 3.16. The molecule has 1 aromatic carbocycles. The minimum absolute atomic E-state index is 0.224. The summed E-state index contributed by atoms with van der Waals surface area (Å²) in [4.78, 5) is 9.86. The number of benzene rings is 1. The van der Waals surface area contributed by atoms with Crippen molar-refractivity contribution >= 4 is 11.4 Å². The summed E-state index contributed by atoms with van der Waals surface area (Å²) < 4.78 is 13.5. The molecule has 0 radical (unpaired) electrons. The maximum Gasteiger partial charge on any atom is 0.272 e. The molecule has 1 fully saturated rings. The van der Waals surface area contributed by atoms with Gasteiger partial charge in [-0.2, -0.15) is 0 Å². The number of nitro benzene ring substituents is 1. The summed E-state index contributed by atoms with van der Waals surface area (Å²) in [6, 6.07) is 3.67. The summed E-state index contributed by atoms with van der Waals surface area (Å²) in [6.45, 7) is 2.75. The first-order valence-electron chi connectivity index (χ1n) is 6.05. The van der Waals surface area contributed by atoms with Gasteiger partial charge in [-0.05, 0) is 37.9 Å². The van der Waals surface area contributed by atoms with Crippen molar-refractivity contribution in [1.82, 2.24) is 5.32 Å². The summed E-state index contributed by atoms with van der Waals surface area (Å²) in [6.07, 6.45) is 2.13. The molecule has 98 valence electrons. The molecule has 0 saturated carbocycles. The largest absolute Gasteiger partial charge is 0.383 e. The smallest absolute Gasteiger partial charge is 0.272 e. The molecule has 0 spiro atoms. The van der Waals surface area contributed by atoms with E-state index < -0.39 is 10.7 Å². The van der Waals surface area contributed by atoms with Gasteiger partial charge in [0.1, 0.15) is 0 Å². The molecular weight excluding hydrogens is 237 g/mol. The molecule has 1 atom stereocenters. The highest BCUT2D eigenvalue weighted by Gasteiger charge is 2.14. The molecule has 5 nitrogen and oxygen atoms in total. The molecule has 1 aromatic rings. The Morgan fingerprint density at radius 1 is 1.56 bits per heavy atom. The minimum atomic E-state index is -0.600. The van der Waals surface area contributed by atoms with Crippen LogP contribution in [0.25, 0.3) is 0 Å². The maximum atomic E-state index is 13.5. The monoisotopic (exact) mass is 253 g/mol. The fourth-order valence-electron chi connectivity index (χ4n) is 2.13. The predicted octanol–water partition coefficient (Wildman–Crippen LogP) is 2.15. The molecule has 18 heavy (non-hydrogen) atoms. The van der Waals surface area contributed by atoms with Gasteiger partial charge in [0.05, 0.1) is 16.7 Å². The van der Waals surface area contributed by atoms with Gasteiger partial charge in [0.2, 0.25) is 0 Å². The highest BCUT2D eigenvalue weighted by molar-refractivity contribution is 5.50. The van der Waals surface area contributed by atoms with Crippen LogP contribution < -0.4 is 10.6 Å². The highest BCUT2D eigenvalue weighted by Crippen LogP contribution is 2.21. The second-order valence-corrected chi connectivity index (χ2v) is 4.50. The van der Waals surface area contributed by atoms with E-state index in [-0.39, 0.29) is 5.69 Å². The Kier molecular flexibility index (Phi) is 4.09. The van der Waals surface area contributed by atoms with Gasteiger partial charge in [0.15, 0.2) is 5.82 Å². The Morgan fingerprint density at radius 2 is 2.39 bits per heavy atom. The normalized spacial score (nSPS) is 18.8. The van der Waals surface area contributed by atoms with Crippen molar-refractivity contribution in [2.45, 2.75) is 12.8 Å². The number of hydrogen-bond acceptors (Lipinski definition) is 4. The van der Waals surface area contributed by atoms with Gasteiger partial charge in [-0.15, -0.1) is 0 Å². The summed E-state index contributed by atoms with van der Waals surface area (Å²) in [7, 11) is 0. The van der Waals surface area contributed by atoms with Crippen molar-refractivity contribution in [2.75, 3.05) is 25.0 Å². The number of nitrogens with one attached hydrogen (secondary N) is 2. The molecule has 0 amide bonds. The van der Waals surface area contributed by atoms with E-state index in [2.05, 4.69) is 10.6 Å². The molecule has 1 unspecified atom stereocenters. The van der Waals surface area contributed by atoms with Gasteiger partial charge < -0.3 is 10.6 Å². The highest BCUT2D eigenvalue weighted by atomic mass is 19.1. The average Bonchev–Trinajstić information content (AvgIpc) is 2.84. The Hall–Kier alpha value is -1.69. The Balaban J connectivity index is 1.87. The standard InChI is InChI=1S/C12H16FN3O2/c13-11-7-10(16(17)18)1-2-12(11)15-6-4-9-3-5-14-8-9/h1-2,7,9,14-15H,3-6,8H2. The van der Waals surface area contributed by atoms with E-state index in [1.54, 1.807) is 0 Å². The molecule has 6 heteroatoms. The summed E-state index contributed by atoms with van der Waals surface area (Å²) in [5.41, 5.74) is 0.101. The van der Waals surface area contributed by atoms with Crippen LogP contribution in [0.5, 0.6) is 0 Å². The third-order valence-corrected chi connectivity index (χ3v) is 3.19. The van der Waals surface area contributed by atoms with Crippen molar-refractivity contribution in [3.05, 3.63) is 34.1 Å². The SMILES string of the molecule is O=[N+]([O-])c1ccc(NCCC2CCNC2)c(F)c1. The average molecular weight is 253 g/mol. The van der Waals surface area contributed by atoms with E-state index >= 15 is 0 Å².